The Labute approximate surface area is 230 Å². The first-order chi connectivity index (χ1) is 17.3. The summed E-state index contributed by atoms with van der Waals surface area (Å²) in [5.74, 6) is 0.0269. The standard InChI is InChI=1S/C26H23BrCl2N2O4S/c1-4-7-18-21(25(33)35-5-2)23(16-13-15(27)10-11-19(16)34-3)31-24(32)20(36-26(31)30-18)12-14-8-6-9-17(28)22(14)29/h6,8-13,23H,4-5,7H2,1-3H3/b20-12+/t23-/m0/s1. The van der Waals surface area contributed by atoms with Gasteiger partial charge in [0.25, 0.3) is 5.56 Å². The van der Waals surface area contributed by atoms with Gasteiger partial charge in [0.15, 0.2) is 4.80 Å². The number of allylic oxidation sites excluding steroid dienone is 1. The normalized spacial score (nSPS) is 15.5. The molecule has 10 heteroatoms. The predicted octanol–water partition coefficient (Wildman–Crippen LogP) is 5.66. The lowest BCUT2D eigenvalue weighted by molar-refractivity contribution is -0.139. The van der Waals surface area contributed by atoms with Crippen molar-refractivity contribution < 1.29 is 14.3 Å². The van der Waals surface area contributed by atoms with Crippen LogP contribution in [0.4, 0.5) is 0 Å². The Morgan fingerprint density at radius 3 is 2.72 bits per heavy atom. The minimum Gasteiger partial charge on any atom is -0.496 e. The zero-order chi connectivity index (χ0) is 26.0. The second-order valence-electron chi connectivity index (χ2n) is 7.94. The van der Waals surface area contributed by atoms with Crippen molar-refractivity contribution in [3.05, 3.63) is 93.0 Å². The van der Waals surface area contributed by atoms with E-state index in [-0.39, 0.29) is 12.2 Å². The highest BCUT2D eigenvalue weighted by Crippen LogP contribution is 2.38. The van der Waals surface area contributed by atoms with Gasteiger partial charge in [0, 0.05) is 10.0 Å². The summed E-state index contributed by atoms with van der Waals surface area (Å²) in [5.41, 5.74) is 1.88. The van der Waals surface area contributed by atoms with E-state index < -0.39 is 12.0 Å². The molecule has 0 spiro atoms. The van der Waals surface area contributed by atoms with Crippen molar-refractivity contribution in [1.82, 2.24) is 4.57 Å². The van der Waals surface area contributed by atoms with E-state index in [0.29, 0.717) is 53.9 Å². The Balaban J connectivity index is 2.07. The molecule has 0 N–H and O–H groups in total. The molecule has 4 rings (SSSR count). The molecular formula is C26H23BrCl2N2O4S. The summed E-state index contributed by atoms with van der Waals surface area (Å²) in [6, 6.07) is 9.94. The van der Waals surface area contributed by atoms with Gasteiger partial charge in [0.1, 0.15) is 11.8 Å². The quantitative estimate of drug-likeness (QED) is 0.324. The second kappa shape index (κ2) is 11.3. The minimum atomic E-state index is -0.786. The summed E-state index contributed by atoms with van der Waals surface area (Å²) in [6.07, 6.45) is 3.00. The van der Waals surface area contributed by atoms with Gasteiger partial charge in [-0.3, -0.25) is 9.36 Å². The molecule has 0 unspecified atom stereocenters. The molecule has 0 radical (unpaired) electrons. The van der Waals surface area contributed by atoms with Crippen molar-refractivity contribution >= 4 is 62.5 Å². The smallest absolute Gasteiger partial charge is 0.338 e. The SMILES string of the molecule is CCCC1=C(C(=O)OCC)[C@H](c2cc(Br)ccc2OC)n2c(s/c(=C/c3cccc(Cl)c3Cl)c2=O)=N1. The highest BCUT2D eigenvalue weighted by atomic mass is 79.9. The van der Waals surface area contributed by atoms with Crippen LogP contribution in [0, 0.1) is 0 Å². The fraction of sp³-hybridized carbons (Fsp3) is 0.269. The molecule has 6 nitrogen and oxygen atoms in total. The fourth-order valence-corrected chi connectivity index (χ4v) is 5.86. The molecule has 0 saturated carbocycles. The Morgan fingerprint density at radius 1 is 1.25 bits per heavy atom. The van der Waals surface area contributed by atoms with Gasteiger partial charge in [-0.25, -0.2) is 9.79 Å². The molecule has 36 heavy (non-hydrogen) atoms. The summed E-state index contributed by atoms with van der Waals surface area (Å²) in [7, 11) is 1.55. The molecular weight excluding hydrogens is 587 g/mol. The molecule has 1 aliphatic rings. The van der Waals surface area contributed by atoms with E-state index in [0.717, 1.165) is 10.9 Å². The summed E-state index contributed by atoms with van der Waals surface area (Å²) < 4.78 is 13.8. The third kappa shape index (κ3) is 5.05. The van der Waals surface area contributed by atoms with E-state index in [4.69, 9.17) is 37.7 Å². The maximum Gasteiger partial charge on any atom is 0.338 e. The van der Waals surface area contributed by atoms with Crippen LogP contribution in [0.1, 0.15) is 43.9 Å². The number of fused-ring (bicyclic) bond motifs is 1. The van der Waals surface area contributed by atoms with Gasteiger partial charge in [-0.2, -0.15) is 0 Å². The van der Waals surface area contributed by atoms with Crippen LogP contribution in [0.3, 0.4) is 0 Å². The first kappa shape index (κ1) is 26.7. The minimum absolute atomic E-state index is 0.196. The highest BCUT2D eigenvalue weighted by Gasteiger charge is 2.36. The number of esters is 1. The summed E-state index contributed by atoms with van der Waals surface area (Å²) in [5, 5.41) is 0.749. The highest BCUT2D eigenvalue weighted by molar-refractivity contribution is 9.10. The van der Waals surface area contributed by atoms with Crippen molar-refractivity contribution in [3.63, 3.8) is 0 Å². The molecule has 0 fully saturated rings. The van der Waals surface area contributed by atoms with Gasteiger partial charge >= 0.3 is 5.97 Å². The Morgan fingerprint density at radius 2 is 2.03 bits per heavy atom. The second-order valence-corrected chi connectivity index (χ2v) is 10.7. The first-order valence-corrected chi connectivity index (χ1v) is 13.7. The number of carbonyl (C=O) groups excluding carboxylic acids is 1. The van der Waals surface area contributed by atoms with Crippen LogP contribution >= 0.6 is 50.5 Å². The molecule has 1 atom stereocenters. The lowest BCUT2D eigenvalue weighted by Crippen LogP contribution is -2.40. The molecule has 2 aromatic carbocycles. The van der Waals surface area contributed by atoms with E-state index >= 15 is 0 Å². The molecule has 0 bridgehead atoms. The molecule has 1 aliphatic heterocycles. The number of rotatable bonds is 7. The number of nitrogens with zero attached hydrogens (tertiary/aromatic N) is 2. The topological polar surface area (TPSA) is 69.9 Å². The summed E-state index contributed by atoms with van der Waals surface area (Å²) in [4.78, 5) is 32.4. The first-order valence-electron chi connectivity index (χ1n) is 11.3. The average molecular weight is 610 g/mol. The zero-order valence-corrected chi connectivity index (χ0v) is 23.7. The maximum absolute atomic E-state index is 13.9. The maximum atomic E-state index is 13.9. The van der Waals surface area contributed by atoms with Crippen molar-refractivity contribution in [2.24, 2.45) is 4.99 Å². The summed E-state index contributed by atoms with van der Waals surface area (Å²) >= 11 is 17.3. The Hall–Kier alpha value is -2.39. The fourth-order valence-electron chi connectivity index (χ4n) is 4.11. The molecule has 0 amide bonds. The van der Waals surface area contributed by atoms with Gasteiger partial charge in [-0.15, -0.1) is 0 Å². The van der Waals surface area contributed by atoms with E-state index in [1.54, 1.807) is 44.4 Å². The number of halogens is 3. The van der Waals surface area contributed by atoms with Crippen LogP contribution in [-0.2, 0) is 9.53 Å². The molecule has 188 valence electrons. The van der Waals surface area contributed by atoms with Gasteiger partial charge < -0.3 is 9.47 Å². The van der Waals surface area contributed by atoms with Gasteiger partial charge in [0.2, 0.25) is 0 Å². The number of carbonyl (C=O) groups is 1. The largest absolute Gasteiger partial charge is 0.496 e. The number of ether oxygens (including phenoxy) is 2. The van der Waals surface area contributed by atoms with Crippen molar-refractivity contribution in [2.45, 2.75) is 32.7 Å². The van der Waals surface area contributed by atoms with Crippen molar-refractivity contribution in [1.29, 1.82) is 0 Å². The van der Waals surface area contributed by atoms with Crippen LogP contribution in [0.5, 0.6) is 5.75 Å². The van der Waals surface area contributed by atoms with Crippen LogP contribution in [-0.4, -0.2) is 24.3 Å². The van der Waals surface area contributed by atoms with Crippen molar-refractivity contribution in [3.8, 4) is 5.75 Å². The third-order valence-electron chi connectivity index (χ3n) is 5.65. The lowest BCUT2D eigenvalue weighted by atomic mass is 9.93. The van der Waals surface area contributed by atoms with E-state index in [9.17, 15) is 9.59 Å². The van der Waals surface area contributed by atoms with E-state index in [1.165, 1.54) is 15.9 Å². The molecule has 0 saturated heterocycles. The summed E-state index contributed by atoms with van der Waals surface area (Å²) in [6.45, 7) is 3.95. The van der Waals surface area contributed by atoms with Gasteiger partial charge in [0.05, 0.1) is 39.6 Å². The molecule has 2 heterocycles. The zero-order valence-electron chi connectivity index (χ0n) is 19.8. The number of hydrogen-bond donors (Lipinski definition) is 0. The van der Waals surface area contributed by atoms with Crippen LogP contribution in [0.25, 0.3) is 6.08 Å². The molecule has 0 aliphatic carbocycles. The molecule has 3 aromatic rings. The number of aromatic nitrogens is 1. The Bertz CT molecular complexity index is 1540. The average Bonchev–Trinajstić information content (AvgIpc) is 3.16. The van der Waals surface area contributed by atoms with Gasteiger partial charge in [-0.05, 0) is 49.2 Å². The van der Waals surface area contributed by atoms with Crippen LogP contribution in [0.15, 0.2) is 61.9 Å². The van der Waals surface area contributed by atoms with Crippen molar-refractivity contribution in [2.75, 3.05) is 13.7 Å². The number of thiazole rings is 1. The number of hydrogen-bond acceptors (Lipinski definition) is 6. The van der Waals surface area contributed by atoms with Crippen LogP contribution < -0.4 is 19.6 Å². The lowest BCUT2D eigenvalue weighted by Gasteiger charge is -2.27. The molecule has 1 aromatic heterocycles. The van der Waals surface area contributed by atoms with Crippen LogP contribution in [0.2, 0.25) is 10.0 Å². The number of benzene rings is 2. The Kier molecular flexibility index (Phi) is 8.40. The van der Waals surface area contributed by atoms with E-state index in [1.807, 2.05) is 19.1 Å². The monoisotopic (exact) mass is 608 g/mol. The third-order valence-corrected chi connectivity index (χ3v) is 7.96. The predicted molar refractivity (Wildman–Crippen MR) is 147 cm³/mol. The number of methoxy groups -OCH3 is 1. The van der Waals surface area contributed by atoms with E-state index in [2.05, 4.69) is 15.9 Å². The van der Waals surface area contributed by atoms with Gasteiger partial charge in [-0.1, -0.05) is 75.9 Å².